The maximum atomic E-state index is 11.5. The lowest BCUT2D eigenvalue weighted by Crippen LogP contribution is -2.40. The molecule has 0 radical (unpaired) electrons. The van der Waals surface area contributed by atoms with Crippen LogP contribution in [0.3, 0.4) is 0 Å². The average Bonchev–Trinajstić information content (AvgIpc) is 2.68. The van der Waals surface area contributed by atoms with E-state index in [0.717, 1.165) is 43.6 Å². The Hall–Kier alpha value is -2.91. The van der Waals surface area contributed by atoms with E-state index in [4.69, 9.17) is 11.0 Å². The molecule has 1 aromatic heterocycles. The van der Waals surface area contributed by atoms with E-state index in [1.807, 2.05) is 25.1 Å². The molecule has 2 aromatic rings. The zero-order chi connectivity index (χ0) is 19.2. The SMILES string of the molecule is Cc1ccc(NCc2cccc(CN3CCCC(C(N)=O)C3)c2)nc1C#N. The fourth-order valence-corrected chi connectivity index (χ4v) is 3.46. The fourth-order valence-electron chi connectivity index (χ4n) is 3.46. The van der Waals surface area contributed by atoms with Crippen LogP contribution >= 0.6 is 0 Å². The Balaban J connectivity index is 1.60. The summed E-state index contributed by atoms with van der Waals surface area (Å²) < 4.78 is 0. The van der Waals surface area contributed by atoms with Crippen LogP contribution in [0.25, 0.3) is 0 Å². The zero-order valence-electron chi connectivity index (χ0n) is 15.6. The second kappa shape index (κ2) is 8.65. The first-order valence-corrected chi connectivity index (χ1v) is 9.26. The zero-order valence-corrected chi connectivity index (χ0v) is 15.6. The molecular formula is C21H25N5O. The van der Waals surface area contributed by atoms with Gasteiger partial charge in [-0.2, -0.15) is 5.26 Å². The highest BCUT2D eigenvalue weighted by atomic mass is 16.1. The van der Waals surface area contributed by atoms with E-state index in [-0.39, 0.29) is 11.8 Å². The molecule has 0 spiro atoms. The number of carbonyl (C=O) groups is 1. The molecule has 3 rings (SSSR count). The van der Waals surface area contributed by atoms with Crippen molar-refractivity contribution >= 4 is 11.7 Å². The van der Waals surface area contributed by atoms with Crippen LogP contribution in [0.4, 0.5) is 5.82 Å². The largest absolute Gasteiger partial charge is 0.369 e. The van der Waals surface area contributed by atoms with Crippen LogP contribution < -0.4 is 11.1 Å². The van der Waals surface area contributed by atoms with Crippen LogP contribution in [-0.2, 0) is 17.9 Å². The van der Waals surface area contributed by atoms with Crippen molar-refractivity contribution in [2.75, 3.05) is 18.4 Å². The summed E-state index contributed by atoms with van der Waals surface area (Å²) in [6.45, 7) is 5.07. The maximum Gasteiger partial charge on any atom is 0.221 e. The van der Waals surface area contributed by atoms with Crippen molar-refractivity contribution in [2.45, 2.75) is 32.9 Å². The van der Waals surface area contributed by atoms with E-state index in [1.165, 1.54) is 5.56 Å². The molecule has 1 saturated heterocycles. The molecule has 0 bridgehead atoms. The summed E-state index contributed by atoms with van der Waals surface area (Å²) in [5.41, 5.74) is 9.16. The highest BCUT2D eigenvalue weighted by Gasteiger charge is 2.23. The third-order valence-electron chi connectivity index (χ3n) is 4.98. The number of likely N-dealkylation sites (tertiary alicyclic amines) is 1. The van der Waals surface area contributed by atoms with Crippen molar-refractivity contribution in [1.29, 1.82) is 5.26 Å². The third-order valence-corrected chi connectivity index (χ3v) is 4.98. The van der Waals surface area contributed by atoms with Gasteiger partial charge in [0, 0.05) is 19.6 Å². The van der Waals surface area contributed by atoms with Gasteiger partial charge in [-0.15, -0.1) is 0 Å². The summed E-state index contributed by atoms with van der Waals surface area (Å²) in [5.74, 6) is 0.466. The van der Waals surface area contributed by atoms with E-state index >= 15 is 0 Å². The molecule has 6 heteroatoms. The molecule has 1 aliphatic heterocycles. The van der Waals surface area contributed by atoms with Crippen molar-refractivity contribution in [3.63, 3.8) is 0 Å². The quantitative estimate of drug-likeness (QED) is 0.822. The molecule has 1 atom stereocenters. The van der Waals surface area contributed by atoms with E-state index in [2.05, 4.69) is 39.5 Å². The number of aromatic nitrogens is 1. The minimum atomic E-state index is -0.194. The summed E-state index contributed by atoms with van der Waals surface area (Å²) in [7, 11) is 0. The number of nitrogens with two attached hydrogens (primary N) is 1. The molecule has 3 N–H and O–H groups in total. The lowest BCUT2D eigenvalue weighted by atomic mass is 9.97. The normalized spacial score (nSPS) is 17.3. The Labute approximate surface area is 160 Å². The van der Waals surface area contributed by atoms with Gasteiger partial charge in [-0.25, -0.2) is 4.98 Å². The second-order valence-electron chi connectivity index (χ2n) is 7.12. The third kappa shape index (κ3) is 5.05. The smallest absolute Gasteiger partial charge is 0.221 e. The standard InChI is InChI=1S/C21H25N5O/c1-15-7-8-20(25-19(15)11-22)24-12-16-4-2-5-17(10-16)13-26-9-3-6-18(14-26)21(23)27/h2,4-5,7-8,10,18H,3,6,9,12-14H2,1H3,(H2,23,27)(H,24,25). The number of nitriles is 1. The number of pyridine rings is 1. The highest BCUT2D eigenvalue weighted by molar-refractivity contribution is 5.76. The number of aryl methyl sites for hydroxylation is 1. The first-order valence-electron chi connectivity index (χ1n) is 9.26. The van der Waals surface area contributed by atoms with E-state index in [1.54, 1.807) is 0 Å². The maximum absolute atomic E-state index is 11.5. The van der Waals surface area contributed by atoms with Crippen LogP contribution in [0.15, 0.2) is 36.4 Å². The Morgan fingerprint density at radius 1 is 1.37 bits per heavy atom. The van der Waals surface area contributed by atoms with Crippen LogP contribution in [0.5, 0.6) is 0 Å². The molecule has 1 unspecified atom stereocenters. The number of nitrogens with one attached hydrogen (secondary N) is 1. The van der Waals surface area contributed by atoms with Gasteiger partial charge in [-0.05, 0) is 49.1 Å². The van der Waals surface area contributed by atoms with Crippen molar-refractivity contribution in [1.82, 2.24) is 9.88 Å². The van der Waals surface area contributed by atoms with Gasteiger partial charge in [-0.1, -0.05) is 30.3 Å². The summed E-state index contributed by atoms with van der Waals surface area (Å²) >= 11 is 0. The topological polar surface area (TPSA) is 95.0 Å². The monoisotopic (exact) mass is 363 g/mol. The number of hydrogen-bond acceptors (Lipinski definition) is 5. The predicted molar refractivity (Wildman–Crippen MR) is 105 cm³/mol. The van der Waals surface area contributed by atoms with Crippen molar-refractivity contribution in [3.8, 4) is 6.07 Å². The lowest BCUT2D eigenvalue weighted by Gasteiger charge is -2.31. The number of benzene rings is 1. The Kier molecular flexibility index (Phi) is 6.05. The van der Waals surface area contributed by atoms with Gasteiger partial charge in [0.15, 0.2) is 0 Å². The molecule has 2 heterocycles. The van der Waals surface area contributed by atoms with Gasteiger partial charge in [0.2, 0.25) is 5.91 Å². The first-order chi connectivity index (χ1) is 13.0. The molecule has 1 fully saturated rings. The molecule has 0 aliphatic carbocycles. The number of piperidine rings is 1. The molecule has 0 saturated carbocycles. The molecule has 1 aliphatic rings. The molecule has 140 valence electrons. The summed E-state index contributed by atoms with van der Waals surface area (Å²) in [5, 5.41) is 12.4. The molecule has 1 aromatic carbocycles. The van der Waals surface area contributed by atoms with Crippen molar-refractivity contribution in [3.05, 3.63) is 58.8 Å². The van der Waals surface area contributed by atoms with E-state index in [9.17, 15) is 4.79 Å². The lowest BCUT2D eigenvalue weighted by molar-refractivity contribution is -0.123. The summed E-state index contributed by atoms with van der Waals surface area (Å²) in [4.78, 5) is 18.1. The van der Waals surface area contributed by atoms with Gasteiger partial charge in [0.25, 0.3) is 0 Å². The van der Waals surface area contributed by atoms with Crippen LogP contribution in [0, 0.1) is 24.2 Å². The number of rotatable bonds is 6. The van der Waals surface area contributed by atoms with E-state index < -0.39 is 0 Å². The summed E-state index contributed by atoms with van der Waals surface area (Å²) in [6, 6.07) is 14.3. The summed E-state index contributed by atoms with van der Waals surface area (Å²) in [6.07, 6.45) is 1.90. The molecule has 27 heavy (non-hydrogen) atoms. The molecule has 6 nitrogen and oxygen atoms in total. The number of primary amides is 1. The van der Waals surface area contributed by atoms with Gasteiger partial charge in [0.1, 0.15) is 17.6 Å². The van der Waals surface area contributed by atoms with Crippen LogP contribution in [0.1, 0.15) is 35.2 Å². The molecule has 1 amide bonds. The minimum Gasteiger partial charge on any atom is -0.369 e. The van der Waals surface area contributed by atoms with Crippen molar-refractivity contribution in [2.24, 2.45) is 11.7 Å². The van der Waals surface area contributed by atoms with Crippen LogP contribution in [-0.4, -0.2) is 28.9 Å². The number of nitrogens with zero attached hydrogens (tertiary/aromatic N) is 3. The van der Waals surface area contributed by atoms with Gasteiger partial charge >= 0.3 is 0 Å². The first kappa shape index (κ1) is 18.9. The van der Waals surface area contributed by atoms with E-state index in [0.29, 0.717) is 18.1 Å². The number of anilines is 1. The molecular weight excluding hydrogens is 338 g/mol. The minimum absolute atomic E-state index is 0.0365. The number of amides is 1. The van der Waals surface area contributed by atoms with Gasteiger partial charge in [0.05, 0.1) is 5.92 Å². The Morgan fingerprint density at radius 3 is 2.96 bits per heavy atom. The van der Waals surface area contributed by atoms with Gasteiger partial charge in [-0.3, -0.25) is 9.69 Å². The Bertz CT molecular complexity index is 858. The van der Waals surface area contributed by atoms with Crippen LogP contribution in [0.2, 0.25) is 0 Å². The predicted octanol–water partition coefficient (Wildman–Crippen LogP) is 2.57. The average molecular weight is 363 g/mol. The number of hydrogen-bond donors (Lipinski definition) is 2. The highest BCUT2D eigenvalue weighted by Crippen LogP contribution is 2.19. The number of carbonyl (C=O) groups excluding carboxylic acids is 1. The Morgan fingerprint density at radius 2 is 2.19 bits per heavy atom. The van der Waals surface area contributed by atoms with Gasteiger partial charge < -0.3 is 11.1 Å². The fraction of sp³-hybridized carbons (Fsp3) is 0.381. The van der Waals surface area contributed by atoms with Crippen molar-refractivity contribution < 1.29 is 4.79 Å². The second-order valence-corrected chi connectivity index (χ2v) is 7.12.